The lowest BCUT2D eigenvalue weighted by Crippen LogP contribution is -2.43. The summed E-state index contributed by atoms with van der Waals surface area (Å²) < 4.78 is 31.5. The van der Waals surface area contributed by atoms with E-state index in [0.29, 0.717) is 23.7 Å². The minimum Gasteiger partial charge on any atom is -0.481 e. The molecule has 1 saturated heterocycles. The predicted octanol–water partition coefficient (Wildman–Crippen LogP) is 2.09. The Morgan fingerprint density at radius 1 is 1.20 bits per heavy atom. The monoisotopic (exact) mass is 359 g/mol. The maximum absolute atomic E-state index is 12.4. The smallest absolute Gasteiger partial charge is 0.322 e. The van der Waals surface area contributed by atoms with Gasteiger partial charge in [-0.25, -0.2) is 13.2 Å². The van der Waals surface area contributed by atoms with Crippen molar-refractivity contribution in [1.82, 2.24) is 5.32 Å². The van der Waals surface area contributed by atoms with Crippen molar-refractivity contribution in [3.8, 4) is 5.75 Å². The molecule has 2 heterocycles. The van der Waals surface area contributed by atoms with Crippen LogP contribution in [0.5, 0.6) is 5.75 Å². The molecule has 2 aromatic carbocycles. The molecule has 2 unspecified atom stereocenters. The SMILES string of the molecule is CS(=O)(=O)Nc1ccc2c(c1)N1C(=O)NCC1C(c1ccccc1)O2. The normalized spacial score (nSPS) is 21.8. The van der Waals surface area contributed by atoms with Crippen molar-refractivity contribution in [2.75, 3.05) is 22.4 Å². The maximum Gasteiger partial charge on any atom is 0.322 e. The Balaban J connectivity index is 1.77. The number of nitrogens with one attached hydrogen (secondary N) is 2. The summed E-state index contributed by atoms with van der Waals surface area (Å²) in [5, 5.41) is 2.84. The molecule has 2 aromatic rings. The van der Waals surface area contributed by atoms with Crippen LogP contribution in [-0.2, 0) is 10.0 Å². The minimum atomic E-state index is -3.40. The number of hydrogen-bond donors (Lipinski definition) is 2. The zero-order chi connectivity index (χ0) is 17.6. The lowest BCUT2D eigenvalue weighted by Gasteiger charge is -2.37. The molecule has 2 atom stereocenters. The summed E-state index contributed by atoms with van der Waals surface area (Å²) >= 11 is 0. The first kappa shape index (κ1) is 15.8. The van der Waals surface area contributed by atoms with Crippen molar-refractivity contribution in [3.05, 3.63) is 54.1 Å². The minimum absolute atomic E-state index is 0.198. The van der Waals surface area contributed by atoms with Crippen LogP contribution in [0.4, 0.5) is 16.2 Å². The lowest BCUT2D eigenvalue weighted by molar-refractivity contribution is 0.165. The molecular formula is C17H17N3O4S. The molecule has 4 rings (SSSR count). The Bertz CT molecular complexity index is 930. The largest absolute Gasteiger partial charge is 0.481 e. The van der Waals surface area contributed by atoms with Crippen LogP contribution >= 0.6 is 0 Å². The number of rotatable bonds is 3. The number of sulfonamides is 1. The fourth-order valence-corrected chi connectivity index (χ4v) is 3.84. The standard InChI is InChI=1S/C17H17N3O4S/c1-25(22,23)19-12-7-8-15-13(9-12)20-14(10-18-17(20)21)16(24-15)11-5-3-2-4-6-11/h2-9,14,16,19H,10H2,1H3,(H,18,21). The summed E-state index contributed by atoms with van der Waals surface area (Å²) in [6, 6.07) is 14.2. The van der Waals surface area contributed by atoms with Crippen molar-refractivity contribution in [2.24, 2.45) is 0 Å². The van der Waals surface area contributed by atoms with Gasteiger partial charge in [0.15, 0.2) is 0 Å². The van der Waals surface area contributed by atoms with Crippen molar-refractivity contribution in [1.29, 1.82) is 0 Å². The Kier molecular flexibility index (Phi) is 3.57. The van der Waals surface area contributed by atoms with Gasteiger partial charge in [-0.3, -0.25) is 9.62 Å². The van der Waals surface area contributed by atoms with Gasteiger partial charge >= 0.3 is 6.03 Å². The van der Waals surface area contributed by atoms with Gasteiger partial charge in [-0.05, 0) is 23.8 Å². The molecule has 0 aromatic heterocycles. The van der Waals surface area contributed by atoms with E-state index in [4.69, 9.17) is 4.74 Å². The lowest BCUT2D eigenvalue weighted by atomic mass is 9.99. The van der Waals surface area contributed by atoms with Crippen LogP contribution in [-0.4, -0.2) is 33.3 Å². The summed E-state index contributed by atoms with van der Waals surface area (Å²) in [5.41, 5.74) is 1.93. The van der Waals surface area contributed by atoms with Crippen LogP contribution in [0.25, 0.3) is 0 Å². The first-order valence-electron chi connectivity index (χ1n) is 7.83. The van der Waals surface area contributed by atoms with E-state index in [1.807, 2.05) is 30.3 Å². The van der Waals surface area contributed by atoms with Gasteiger partial charge < -0.3 is 10.1 Å². The highest BCUT2D eigenvalue weighted by Gasteiger charge is 2.44. The van der Waals surface area contributed by atoms with E-state index < -0.39 is 10.0 Å². The number of fused-ring (bicyclic) bond motifs is 3. The second kappa shape index (κ2) is 5.66. The molecule has 2 aliphatic heterocycles. The molecule has 0 spiro atoms. The van der Waals surface area contributed by atoms with E-state index in [1.165, 1.54) is 0 Å². The number of anilines is 2. The third kappa shape index (κ3) is 2.89. The number of carbonyl (C=O) groups excluding carboxylic acids is 1. The number of benzene rings is 2. The molecule has 2 amide bonds. The fraction of sp³-hybridized carbons (Fsp3) is 0.235. The summed E-state index contributed by atoms with van der Waals surface area (Å²) in [7, 11) is -3.40. The Hall–Kier alpha value is -2.74. The van der Waals surface area contributed by atoms with E-state index in [0.717, 1.165) is 11.8 Å². The predicted molar refractivity (Wildman–Crippen MR) is 94.4 cm³/mol. The molecule has 130 valence electrons. The molecule has 0 saturated carbocycles. The summed E-state index contributed by atoms with van der Waals surface area (Å²) in [4.78, 5) is 14.0. The third-order valence-electron chi connectivity index (χ3n) is 4.27. The van der Waals surface area contributed by atoms with E-state index in [-0.39, 0.29) is 18.2 Å². The molecule has 0 aliphatic carbocycles. The molecule has 7 nitrogen and oxygen atoms in total. The molecule has 25 heavy (non-hydrogen) atoms. The fourth-order valence-electron chi connectivity index (χ4n) is 3.28. The van der Waals surface area contributed by atoms with Crippen molar-refractivity contribution < 1.29 is 17.9 Å². The number of amides is 2. The van der Waals surface area contributed by atoms with Crippen molar-refractivity contribution in [2.45, 2.75) is 12.1 Å². The van der Waals surface area contributed by atoms with Crippen LogP contribution in [0.15, 0.2) is 48.5 Å². The number of ether oxygens (including phenoxy) is 1. The zero-order valence-electron chi connectivity index (χ0n) is 13.5. The second-order valence-corrected chi connectivity index (χ2v) is 7.88. The molecule has 0 radical (unpaired) electrons. The highest BCUT2D eigenvalue weighted by atomic mass is 32.2. The number of nitrogens with zero attached hydrogens (tertiary/aromatic N) is 1. The third-order valence-corrected chi connectivity index (χ3v) is 4.87. The van der Waals surface area contributed by atoms with E-state index >= 15 is 0 Å². The van der Waals surface area contributed by atoms with Crippen LogP contribution in [0.3, 0.4) is 0 Å². The molecule has 0 bridgehead atoms. The van der Waals surface area contributed by atoms with Crippen molar-refractivity contribution in [3.63, 3.8) is 0 Å². The van der Waals surface area contributed by atoms with E-state index in [9.17, 15) is 13.2 Å². The number of carbonyl (C=O) groups is 1. The van der Waals surface area contributed by atoms with Gasteiger partial charge in [-0.2, -0.15) is 0 Å². The van der Waals surface area contributed by atoms with Gasteiger partial charge in [-0.1, -0.05) is 30.3 Å². The maximum atomic E-state index is 12.4. The molecule has 1 fully saturated rings. The Labute approximate surface area is 145 Å². The van der Waals surface area contributed by atoms with Gasteiger partial charge in [0.25, 0.3) is 0 Å². The van der Waals surface area contributed by atoms with Crippen molar-refractivity contribution >= 4 is 27.4 Å². The van der Waals surface area contributed by atoms with E-state index in [1.54, 1.807) is 23.1 Å². The topological polar surface area (TPSA) is 87.7 Å². The van der Waals surface area contributed by atoms with Gasteiger partial charge in [0.2, 0.25) is 10.0 Å². The summed E-state index contributed by atoms with van der Waals surface area (Å²) in [5.74, 6) is 0.543. The Morgan fingerprint density at radius 2 is 1.96 bits per heavy atom. The van der Waals surface area contributed by atoms with Gasteiger partial charge in [0.05, 0.1) is 23.7 Å². The average Bonchev–Trinajstić information content (AvgIpc) is 2.96. The van der Waals surface area contributed by atoms with Crippen LogP contribution < -0.4 is 19.7 Å². The first-order valence-corrected chi connectivity index (χ1v) is 9.72. The quantitative estimate of drug-likeness (QED) is 0.878. The summed E-state index contributed by atoms with van der Waals surface area (Å²) in [6.45, 7) is 0.460. The van der Waals surface area contributed by atoms with Gasteiger partial charge in [-0.15, -0.1) is 0 Å². The second-order valence-electron chi connectivity index (χ2n) is 6.13. The van der Waals surface area contributed by atoms with Crippen LogP contribution in [0.1, 0.15) is 11.7 Å². The first-order chi connectivity index (χ1) is 11.9. The Morgan fingerprint density at radius 3 is 2.68 bits per heavy atom. The van der Waals surface area contributed by atoms with Crippen LogP contribution in [0, 0.1) is 0 Å². The molecule has 2 aliphatic rings. The van der Waals surface area contributed by atoms with E-state index in [2.05, 4.69) is 10.0 Å². The van der Waals surface area contributed by atoms with Gasteiger partial charge in [0, 0.05) is 6.54 Å². The highest BCUT2D eigenvalue weighted by Crippen LogP contribution is 2.44. The molecule has 8 heteroatoms. The van der Waals surface area contributed by atoms with Crippen LogP contribution in [0.2, 0.25) is 0 Å². The summed E-state index contributed by atoms with van der Waals surface area (Å²) in [6.07, 6.45) is 0.793. The highest BCUT2D eigenvalue weighted by molar-refractivity contribution is 7.92. The number of hydrogen-bond acceptors (Lipinski definition) is 4. The average molecular weight is 359 g/mol. The molecular weight excluding hydrogens is 342 g/mol. The van der Waals surface area contributed by atoms with Gasteiger partial charge in [0.1, 0.15) is 11.9 Å². The number of urea groups is 1. The zero-order valence-corrected chi connectivity index (χ0v) is 14.3. The molecule has 2 N–H and O–H groups in total.